The van der Waals surface area contributed by atoms with Crippen LogP contribution in [-0.4, -0.2) is 41.6 Å². The quantitative estimate of drug-likeness (QED) is 0.911. The largest absolute Gasteiger partial charge is 0.339 e. The molecule has 25 heavy (non-hydrogen) atoms. The minimum absolute atomic E-state index is 0.0557. The molecule has 2 heterocycles. The lowest BCUT2D eigenvalue weighted by Crippen LogP contribution is -2.44. The van der Waals surface area contributed by atoms with Crippen molar-refractivity contribution in [2.24, 2.45) is 0 Å². The highest BCUT2D eigenvalue weighted by Gasteiger charge is 2.23. The highest BCUT2D eigenvalue weighted by atomic mass is 35.5. The van der Waals surface area contributed by atoms with Gasteiger partial charge in [-0.3, -0.25) is 9.59 Å². The van der Waals surface area contributed by atoms with Crippen molar-refractivity contribution in [3.05, 3.63) is 69.1 Å². The number of piperidine rings is 1. The number of halogens is 1. The molecular weight excluding hydrogens is 338 g/mol. The third-order valence-corrected chi connectivity index (χ3v) is 5.07. The Morgan fingerprint density at radius 3 is 2.68 bits per heavy atom. The number of aromatic nitrogens is 1. The normalized spacial score (nSPS) is 15.1. The van der Waals surface area contributed by atoms with Gasteiger partial charge in [0.15, 0.2) is 0 Å². The van der Waals surface area contributed by atoms with E-state index < -0.39 is 0 Å². The lowest BCUT2D eigenvalue weighted by Gasteiger charge is -2.31. The average molecular weight is 360 g/mol. The van der Waals surface area contributed by atoms with Gasteiger partial charge < -0.3 is 14.8 Å². The van der Waals surface area contributed by atoms with Crippen LogP contribution in [0.5, 0.6) is 0 Å². The van der Waals surface area contributed by atoms with Gasteiger partial charge in [-0.2, -0.15) is 0 Å². The molecule has 0 atom stereocenters. The van der Waals surface area contributed by atoms with Gasteiger partial charge in [-0.05, 0) is 43.6 Å². The lowest BCUT2D eigenvalue weighted by molar-refractivity contribution is 0.0702. The van der Waals surface area contributed by atoms with Crippen molar-refractivity contribution in [2.75, 3.05) is 20.1 Å². The van der Waals surface area contributed by atoms with Gasteiger partial charge in [0.05, 0.1) is 12.1 Å². The fraction of sp³-hybridized carbons (Fsp3) is 0.368. The van der Waals surface area contributed by atoms with Crippen LogP contribution in [0, 0.1) is 0 Å². The van der Waals surface area contributed by atoms with Gasteiger partial charge >= 0.3 is 0 Å². The molecule has 5 nitrogen and oxygen atoms in total. The standard InChI is InChI=1S/C19H22ClN3O2/c1-22(16-8-10-21-11-9-16)19(25)15-6-7-18(24)23(13-15)12-14-4-2-3-5-17(14)20/h2-7,13,16,21H,8-12H2,1H3. The molecule has 1 aromatic carbocycles. The summed E-state index contributed by atoms with van der Waals surface area (Å²) in [6, 6.07) is 10.7. The van der Waals surface area contributed by atoms with Crippen molar-refractivity contribution < 1.29 is 4.79 Å². The summed E-state index contributed by atoms with van der Waals surface area (Å²) in [5.74, 6) is -0.0557. The fourth-order valence-electron chi connectivity index (χ4n) is 3.16. The topological polar surface area (TPSA) is 54.3 Å². The number of rotatable bonds is 4. The molecular formula is C19H22ClN3O2. The molecule has 1 aliphatic rings. The number of pyridine rings is 1. The van der Waals surface area contributed by atoms with Crippen LogP contribution in [0.15, 0.2) is 47.4 Å². The summed E-state index contributed by atoms with van der Waals surface area (Å²) in [5.41, 5.74) is 1.22. The molecule has 1 amide bonds. The van der Waals surface area contributed by atoms with E-state index in [0.29, 0.717) is 17.1 Å². The van der Waals surface area contributed by atoms with Crippen molar-refractivity contribution >= 4 is 17.5 Å². The van der Waals surface area contributed by atoms with E-state index in [1.54, 1.807) is 23.2 Å². The minimum Gasteiger partial charge on any atom is -0.339 e. The van der Waals surface area contributed by atoms with Gasteiger partial charge in [-0.25, -0.2) is 0 Å². The molecule has 1 saturated heterocycles. The molecule has 1 aromatic heterocycles. The first-order valence-electron chi connectivity index (χ1n) is 8.48. The van der Waals surface area contributed by atoms with Crippen LogP contribution in [0.25, 0.3) is 0 Å². The zero-order valence-electron chi connectivity index (χ0n) is 14.2. The summed E-state index contributed by atoms with van der Waals surface area (Å²) < 4.78 is 1.53. The first-order valence-corrected chi connectivity index (χ1v) is 8.86. The van der Waals surface area contributed by atoms with E-state index in [9.17, 15) is 9.59 Å². The Morgan fingerprint density at radius 2 is 1.96 bits per heavy atom. The first kappa shape index (κ1) is 17.7. The van der Waals surface area contributed by atoms with E-state index in [2.05, 4.69) is 5.32 Å². The van der Waals surface area contributed by atoms with Crippen LogP contribution >= 0.6 is 11.6 Å². The van der Waals surface area contributed by atoms with Crippen molar-refractivity contribution in [1.29, 1.82) is 0 Å². The second-order valence-electron chi connectivity index (χ2n) is 6.37. The molecule has 1 aliphatic heterocycles. The summed E-state index contributed by atoms with van der Waals surface area (Å²) >= 11 is 6.18. The Balaban J connectivity index is 1.82. The molecule has 0 aliphatic carbocycles. The third-order valence-electron chi connectivity index (χ3n) is 4.71. The van der Waals surface area contributed by atoms with Gasteiger partial charge in [-0.1, -0.05) is 29.8 Å². The first-order chi connectivity index (χ1) is 12.1. The van der Waals surface area contributed by atoms with Crippen LogP contribution in [0.1, 0.15) is 28.8 Å². The predicted octanol–water partition coefficient (Wildman–Crippen LogP) is 2.37. The summed E-state index contributed by atoms with van der Waals surface area (Å²) in [6.45, 7) is 2.19. The van der Waals surface area contributed by atoms with Gasteiger partial charge in [0, 0.05) is 30.4 Å². The number of nitrogens with zero attached hydrogens (tertiary/aromatic N) is 2. The van der Waals surface area contributed by atoms with Crippen molar-refractivity contribution in [3.8, 4) is 0 Å². The smallest absolute Gasteiger partial charge is 0.255 e. The zero-order chi connectivity index (χ0) is 17.8. The van der Waals surface area contributed by atoms with Gasteiger partial charge in [0.25, 0.3) is 11.5 Å². The van der Waals surface area contributed by atoms with Crippen LogP contribution in [0.4, 0.5) is 0 Å². The number of carbonyl (C=O) groups excluding carboxylic acids is 1. The van der Waals surface area contributed by atoms with E-state index >= 15 is 0 Å². The second-order valence-corrected chi connectivity index (χ2v) is 6.78. The number of benzene rings is 1. The number of hydrogen-bond donors (Lipinski definition) is 1. The lowest BCUT2D eigenvalue weighted by atomic mass is 10.0. The molecule has 6 heteroatoms. The molecule has 0 unspecified atom stereocenters. The van der Waals surface area contributed by atoms with E-state index in [-0.39, 0.29) is 17.5 Å². The van der Waals surface area contributed by atoms with Crippen LogP contribution in [-0.2, 0) is 6.54 Å². The van der Waals surface area contributed by atoms with Gasteiger partial charge in [0.1, 0.15) is 0 Å². The molecule has 1 fully saturated rings. The average Bonchev–Trinajstić information content (AvgIpc) is 2.65. The van der Waals surface area contributed by atoms with Crippen molar-refractivity contribution in [1.82, 2.24) is 14.8 Å². The van der Waals surface area contributed by atoms with E-state index in [4.69, 9.17) is 11.6 Å². The maximum absolute atomic E-state index is 12.8. The van der Waals surface area contributed by atoms with Crippen LogP contribution in [0.3, 0.4) is 0 Å². The monoisotopic (exact) mass is 359 g/mol. The predicted molar refractivity (Wildman–Crippen MR) is 99.2 cm³/mol. The molecule has 1 N–H and O–H groups in total. The summed E-state index contributed by atoms with van der Waals surface area (Å²) in [7, 11) is 1.84. The molecule has 3 rings (SSSR count). The number of nitrogens with one attached hydrogen (secondary N) is 1. The Morgan fingerprint density at radius 1 is 1.24 bits per heavy atom. The molecule has 0 bridgehead atoms. The number of hydrogen-bond acceptors (Lipinski definition) is 3. The Labute approximate surface area is 152 Å². The molecule has 0 spiro atoms. The third kappa shape index (κ3) is 4.11. The van der Waals surface area contributed by atoms with Gasteiger partial charge in [0.2, 0.25) is 0 Å². The molecule has 132 valence electrons. The SMILES string of the molecule is CN(C(=O)c1ccc(=O)n(Cc2ccccc2Cl)c1)C1CCNCC1. The molecule has 0 radical (unpaired) electrons. The summed E-state index contributed by atoms with van der Waals surface area (Å²) in [4.78, 5) is 26.8. The number of amides is 1. The second kappa shape index (κ2) is 7.85. The molecule has 2 aromatic rings. The Kier molecular flexibility index (Phi) is 5.56. The fourth-order valence-corrected chi connectivity index (χ4v) is 3.35. The Bertz CT molecular complexity index is 812. The zero-order valence-corrected chi connectivity index (χ0v) is 15.0. The van der Waals surface area contributed by atoms with Crippen molar-refractivity contribution in [3.63, 3.8) is 0 Å². The summed E-state index contributed by atoms with van der Waals surface area (Å²) in [5, 5.41) is 3.91. The highest BCUT2D eigenvalue weighted by Crippen LogP contribution is 2.17. The number of carbonyl (C=O) groups is 1. The van der Waals surface area contributed by atoms with E-state index in [1.165, 1.54) is 10.6 Å². The van der Waals surface area contributed by atoms with Crippen LogP contribution in [0.2, 0.25) is 5.02 Å². The van der Waals surface area contributed by atoms with E-state index in [0.717, 1.165) is 31.5 Å². The van der Waals surface area contributed by atoms with E-state index in [1.807, 2.05) is 25.2 Å². The highest BCUT2D eigenvalue weighted by molar-refractivity contribution is 6.31. The Hall–Kier alpha value is -2.11. The van der Waals surface area contributed by atoms with Crippen molar-refractivity contribution in [2.45, 2.75) is 25.4 Å². The molecule has 0 saturated carbocycles. The minimum atomic E-state index is -0.152. The maximum Gasteiger partial charge on any atom is 0.255 e. The summed E-state index contributed by atoms with van der Waals surface area (Å²) in [6.07, 6.45) is 3.52. The van der Waals surface area contributed by atoms with Gasteiger partial charge in [-0.15, -0.1) is 0 Å². The maximum atomic E-state index is 12.8. The van der Waals surface area contributed by atoms with Crippen LogP contribution < -0.4 is 10.9 Å².